The van der Waals surface area contributed by atoms with Crippen LogP contribution in [0.3, 0.4) is 0 Å². The Morgan fingerprint density at radius 3 is 2.70 bits per heavy atom. The Labute approximate surface area is 63.3 Å². The third kappa shape index (κ3) is 1.12. The topological polar surface area (TPSA) is 0 Å². The van der Waals surface area contributed by atoms with Crippen molar-refractivity contribution in [2.24, 2.45) is 11.8 Å². The molecule has 2 aliphatic rings. The summed E-state index contributed by atoms with van der Waals surface area (Å²) >= 11 is 0. The number of hydrogen-bond donors (Lipinski definition) is 0. The summed E-state index contributed by atoms with van der Waals surface area (Å²) in [4.78, 5) is 0. The molecule has 56 valence electrons. The lowest BCUT2D eigenvalue weighted by molar-refractivity contribution is 0.656. The van der Waals surface area contributed by atoms with Crippen molar-refractivity contribution in [2.75, 3.05) is 0 Å². The van der Waals surface area contributed by atoms with Crippen LogP contribution < -0.4 is 0 Å². The monoisotopic (exact) mass is 136 g/mol. The average Bonchev–Trinajstić information content (AvgIpc) is 2.69. The molecule has 10 heavy (non-hydrogen) atoms. The van der Waals surface area contributed by atoms with Gasteiger partial charge in [0.1, 0.15) is 0 Å². The minimum Gasteiger partial charge on any atom is -0.0850 e. The molecule has 1 saturated carbocycles. The average molecular weight is 136 g/mol. The van der Waals surface area contributed by atoms with Gasteiger partial charge < -0.3 is 0 Å². The molecule has 0 bridgehead atoms. The van der Waals surface area contributed by atoms with E-state index in [0.717, 1.165) is 11.8 Å². The van der Waals surface area contributed by atoms with Crippen LogP contribution in [0.5, 0.6) is 0 Å². The molecule has 2 aliphatic carbocycles. The van der Waals surface area contributed by atoms with E-state index in [1.807, 2.05) is 0 Å². The predicted octanol–water partition coefficient (Wildman–Crippen LogP) is 3.14. The molecular weight excluding hydrogens is 120 g/mol. The lowest BCUT2D eigenvalue weighted by atomic mass is 9.95. The molecule has 2 unspecified atom stereocenters. The van der Waals surface area contributed by atoms with Crippen molar-refractivity contribution in [2.45, 2.75) is 39.0 Å². The van der Waals surface area contributed by atoms with Gasteiger partial charge in [0.15, 0.2) is 0 Å². The minimum absolute atomic E-state index is 1.01. The van der Waals surface area contributed by atoms with Crippen LogP contribution in [-0.4, -0.2) is 0 Å². The fourth-order valence-electron chi connectivity index (χ4n) is 2.04. The maximum atomic E-state index is 2.50. The van der Waals surface area contributed by atoms with E-state index in [4.69, 9.17) is 0 Å². The fraction of sp³-hybridized carbons (Fsp3) is 0.800. The summed E-state index contributed by atoms with van der Waals surface area (Å²) in [6.45, 7) is 2.38. The highest BCUT2D eigenvalue weighted by Gasteiger charge is 2.35. The molecule has 0 aliphatic heterocycles. The van der Waals surface area contributed by atoms with E-state index in [9.17, 15) is 0 Å². The second-order valence-electron chi connectivity index (χ2n) is 3.84. The molecule has 0 heteroatoms. The van der Waals surface area contributed by atoms with Gasteiger partial charge in [-0.25, -0.2) is 0 Å². The molecule has 0 aromatic heterocycles. The molecule has 0 spiro atoms. The third-order valence-corrected chi connectivity index (χ3v) is 2.91. The van der Waals surface area contributed by atoms with Crippen LogP contribution in [0.2, 0.25) is 0 Å². The smallest absolute Gasteiger partial charge is 0.0175 e. The van der Waals surface area contributed by atoms with E-state index in [1.165, 1.54) is 32.1 Å². The van der Waals surface area contributed by atoms with Crippen LogP contribution in [-0.2, 0) is 0 Å². The van der Waals surface area contributed by atoms with Gasteiger partial charge in [-0.2, -0.15) is 0 Å². The summed E-state index contributed by atoms with van der Waals surface area (Å²) in [5.41, 5.74) is 1.79. The summed E-state index contributed by atoms with van der Waals surface area (Å²) in [6.07, 6.45) is 9.64. The SMILES string of the molecule is CC1CC1C1=CCCCC1. The maximum Gasteiger partial charge on any atom is -0.0175 e. The van der Waals surface area contributed by atoms with Gasteiger partial charge in [-0.3, -0.25) is 0 Å². The van der Waals surface area contributed by atoms with Gasteiger partial charge in [0, 0.05) is 0 Å². The Morgan fingerprint density at radius 2 is 2.20 bits per heavy atom. The van der Waals surface area contributed by atoms with Crippen LogP contribution in [0.25, 0.3) is 0 Å². The molecule has 0 saturated heterocycles. The number of hydrogen-bond acceptors (Lipinski definition) is 0. The lowest BCUT2D eigenvalue weighted by Gasteiger charge is -2.11. The zero-order valence-corrected chi connectivity index (χ0v) is 6.77. The first-order valence-electron chi connectivity index (χ1n) is 4.57. The van der Waals surface area contributed by atoms with Crippen LogP contribution in [0, 0.1) is 11.8 Å². The molecule has 0 amide bonds. The van der Waals surface area contributed by atoms with Crippen molar-refractivity contribution in [3.8, 4) is 0 Å². The summed E-state index contributed by atoms with van der Waals surface area (Å²) < 4.78 is 0. The standard InChI is InChI=1S/C10H16/c1-8-7-10(8)9-5-3-2-4-6-9/h5,8,10H,2-4,6-7H2,1H3. The third-order valence-electron chi connectivity index (χ3n) is 2.91. The molecular formula is C10H16. The zero-order chi connectivity index (χ0) is 6.97. The Morgan fingerprint density at radius 1 is 1.40 bits per heavy atom. The highest BCUT2D eigenvalue weighted by molar-refractivity contribution is 5.16. The van der Waals surface area contributed by atoms with Crippen molar-refractivity contribution in [1.29, 1.82) is 0 Å². The largest absolute Gasteiger partial charge is 0.0850 e. The van der Waals surface area contributed by atoms with E-state index in [1.54, 1.807) is 5.57 Å². The summed E-state index contributed by atoms with van der Waals surface area (Å²) in [5.74, 6) is 2.03. The van der Waals surface area contributed by atoms with Crippen molar-refractivity contribution in [1.82, 2.24) is 0 Å². The molecule has 0 radical (unpaired) electrons. The van der Waals surface area contributed by atoms with Crippen molar-refractivity contribution < 1.29 is 0 Å². The molecule has 0 N–H and O–H groups in total. The normalized spacial score (nSPS) is 39.1. The highest BCUT2D eigenvalue weighted by atomic mass is 14.4. The van der Waals surface area contributed by atoms with Gasteiger partial charge in [0.25, 0.3) is 0 Å². The van der Waals surface area contributed by atoms with Gasteiger partial charge >= 0.3 is 0 Å². The van der Waals surface area contributed by atoms with Gasteiger partial charge in [0.2, 0.25) is 0 Å². The highest BCUT2D eigenvalue weighted by Crippen LogP contribution is 2.46. The van der Waals surface area contributed by atoms with Crippen molar-refractivity contribution in [3.63, 3.8) is 0 Å². The first-order valence-corrected chi connectivity index (χ1v) is 4.57. The summed E-state index contributed by atoms with van der Waals surface area (Å²) in [7, 11) is 0. The zero-order valence-electron chi connectivity index (χ0n) is 6.77. The van der Waals surface area contributed by atoms with E-state index in [2.05, 4.69) is 13.0 Å². The summed E-state index contributed by atoms with van der Waals surface area (Å²) in [6, 6.07) is 0. The molecule has 0 nitrogen and oxygen atoms in total. The van der Waals surface area contributed by atoms with Gasteiger partial charge in [0.05, 0.1) is 0 Å². The van der Waals surface area contributed by atoms with Gasteiger partial charge in [-0.1, -0.05) is 18.6 Å². The fourth-order valence-corrected chi connectivity index (χ4v) is 2.04. The second kappa shape index (κ2) is 2.41. The Balaban J connectivity index is 1.97. The Kier molecular flexibility index (Phi) is 1.55. The maximum absolute atomic E-state index is 2.50. The Hall–Kier alpha value is -0.260. The van der Waals surface area contributed by atoms with Crippen molar-refractivity contribution >= 4 is 0 Å². The number of allylic oxidation sites excluding steroid dienone is 2. The van der Waals surface area contributed by atoms with Crippen LogP contribution >= 0.6 is 0 Å². The lowest BCUT2D eigenvalue weighted by Crippen LogP contribution is -1.94. The van der Waals surface area contributed by atoms with Crippen LogP contribution in [0.4, 0.5) is 0 Å². The van der Waals surface area contributed by atoms with Crippen LogP contribution in [0.15, 0.2) is 11.6 Å². The quantitative estimate of drug-likeness (QED) is 0.486. The molecule has 0 heterocycles. The second-order valence-corrected chi connectivity index (χ2v) is 3.84. The van der Waals surface area contributed by atoms with E-state index in [-0.39, 0.29) is 0 Å². The van der Waals surface area contributed by atoms with E-state index >= 15 is 0 Å². The summed E-state index contributed by atoms with van der Waals surface area (Å²) in [5, 5.41) is 0. The molecule has 1 fully saturated rings. The first-order chi connectivity index (χ1) is 4.88. The van der Waals surface area contributed by atoms with Gasteiger partial charge in [-0.15, -0.1) is 0 Å². The molecule has 0 aromatic carbocycles. The molecule has 2 rings (SSSR count). The molecule has 0 aromatic rings. The van der Waals surface area contributed by atoms with Crippen LogP contribution in [0.1, 0.15) is 39.0 Å². The van der Waals surface area contributed by atoms with E-state index < -0.39 is 0 Å². The number of rotatable bonds is 1. The molecule has 2 atom stereocenters. The van der Waals surface area contributed by atoms with Gasteiger partial charge in [-0.05, 0) is 43.9 Å². The minimum atomic E-state index is 1.01. The Bertz CT molecular complexity index is 155. The van der Waals surface area contributed by atoms with Crippen molar-refractivity contribution in [3.05, 3.63) is 11.6 Å². The van der Waals surface area contributed by atoms with E-state index in [0.29, 0.717) is 0 Å². The first kappa shape index (κ1) is 6.45. The predicted molar refractivity (Wildman–Crippen MR) is 43.8 cm³/mol.